The van der Waals surface area contributed by atoms with Gasteiger partial charge in [-0.25, -0.2) is 4.39 Å². The molecule has 0 bridgehead atoms. The molecular weight excluding hydrogens is 315 g/mol. The molecule has 1 heterocycles. The summed E-state index contributed by atoms with van der Waals surface area (Å²) in [6, 6.07) is 8.51. The van der Waals surface area contributed by atoms with E-state index in [1.807, 2.05) is 35.8 Å². The van der Waals surface area contributed by atoms with Crippen LogP contribution < -0.4 is 5.32 Å². The van der Waals surface area contributed by atoms with Gasteiger partial charge in [0.25, 0.3) is 0 Å². The van der Waals surface area contributed by atoms with E-state index in [1.54, 1.807) is 19.2 Å². The van der Waals surface area contributed by atoms with Gasteiger partial charge in [0, 0.05) is 39.6 Å². The number of guanidine groups is 1. The predicted molar refractivity (Wildman–Crippen MR) is 93.4 cm³/mol. The van der Waals surface area contributed by atoms with Gasteiger partial charge in [-0.1, -0.05) is 23.7 Å². The highest BCUT2D eigenvalue weighted by Crippen LogP contribution is 2.14. The molecule has 2 aromatic rings. The predicted octanol–water partition coefficient (Wildman–Crippen LogP) is 3.07. The molecule has 0 spiro atoms. The highest BCUT2D eigenvalue weighted by atomic mass is 35.5. The standard InChI is InChI=1S/C17H22ClFN4/c1-20-17(21-9-8-13-4-6-15(19)7-5-13)23(3)12-16-10-14(18)11-22(16)2/h4-7,10-11H,8-9,12H2,1-3H3,(H,20,21). The van der Waals surface area contributed by atoms with E-state index >= 15 is 0 Å². The van der Waals surface area contributed by atoms with Crippen LogP contribution in [0.15, 0.2) is 41.5 Å². The zero-order valence-corrected chi connectivity index (χ0v) is 14.4. The molecule has 0 atom stereocenters. The largest absolute Gasteiger partial charge is 0.356 e. The zero-order chi connectivity index (χ0) is 16.8. The van der Waals surface area contributed by atoms with E-state index in [4.69, 9.17) is 11.6 Å². The van der Waals surface area contributed by atoms with Crippen LogP contribution in [0.3, 0.4) is 0 Å². The molecule has 0 unspecified atom stereocenters. The van der Waals surface area contributed by atoms with Crippen molar-refractivity contribution in [2.24, 2.45) is 12.0 Å². The van der Waals surface area contributed by atoms with Gasteiger partial charge in [-0.05, 0) is 30.2 Å². The summed E-state index contributed by atoms with van der Waals surface area (Å²) in [5, 5.41) is 4.05. The molecule has 0 aliphatic heterocycles. The van der Waals surface area contributed by atoms with Crippen LogP contribution in [0.5, 0.6) is 0 Å². The monoisotopic (exact) mass is 336 g/mol. The van der Waals surface area contributed by atoms with E-state index in [-0.39, 0.29) is 5.82 Å². The Labute approximate surface area is 141 Å². The van der Waals surface area contributed by atoms with Crippen molar-refractivity contribution in [1.82, 2.24) is 14.8 Å². The van der Waals surface area contributed by atoms with Crippen molar-refractivity contribution in [3.05, 3.63) is 58.6 Å². The van der Waals surface area contributed by atoms with Crippen LogP contribution in [0, 0.1) is 5.82 Å². The van der Waals surface area contributed by atoms with Gasteiger partial charge in [0.15, 0.2) is 5.96 Å². The molecular formula is C17H22ClFN4. The van der Waals surface area contributed by atoms with Crippen molar-refractivity contribution in [2.45, 2.75) is 13.0 Å². The van der Waals surface area contributed by atoms with Gasteiger partial charge in [0.1, 0.15) is 5.82 Å². The van der Waals surface area contributed by atoms with Gasteiger partial charge in [0.05, 0.1) is 11.6 Å². The molecule has 1 aromatic carbocycles. The van der Waals surface area contributed by atoms with Gasteiger partial charge in [-0.3, -0.25) is 4.99 Å². The van der Waals surface area contributed by atoms with Crippen LogP contribution in [-0.2, 0) is 20.0 Å². The Kier molecular flexibility index (Phi) is 6.04. The summed E-state index contributed by atoms with van der Waals surface area (Å²) in [5.74, 6) is 0.600. The second kappa shape index (κ2) is 8.02. The molecule has 1 aromatic heterocycles. The molecule has 0 saturated carbocycles. The van der Waals surface area contributed by atoms with Crippen molar-refractivity contribution in [3.63, 3.8) is 0 Å². The number of nitrogens with one attached hydrogen (secondary N) is 1. The Morgan fingerprint density at radius 1 is 1.35 bits per heavy atom. The summed E-state index contributed by atoms with van der Waals surface area (Å²) in [6.07, 6.45) is 2.69. The molecule has 1 N–H and O–H groups in total. The van der Waals surface area contributed by atoms with Gasteiger partial charge < -0.3 is 14.8 Å². The highest BCUT2D eigenvalue weighted by Gasteiger charge is 2.09. The Hall–Kier alpha value is -2.01. The van der Waals surface area contributed by atoms with Crippen LogP contribution in [0.4, 0.5) is 4.39 Å². The minimum absolute atomic E-state index is 0.210. The number of aromatic nitrogens is 1. The first-order valence-electron chi connectivity index (χ1n) is 7.46. The number of benzene rings is 1. The lowest BCUT2D eigenvalue weighted by Crippen LogP contribution is -2.39. The first-order chi connectivity index (χ1) is 11.0. The fourth-order valence-electron chi connectivity index (χ4n) is 2.40. The van der Waals surface area contributed by atoms with Crippen LogP contribution in [0.1, 0.15) is 11.3 Å². The van der Waals surface area contributed by atoms with E-state index in [0.29, 0.717) is 6.54 Å². The lowest BCUT2D eigenvalue weighted by Gasteiger charge is -2.22. The minimum atomic E-state index is -0.210. The van der Waals surface area contributed by atoms with Crippen LogP contribution in [0.2, 0.25) is 5.02 Å². The third kappa shape index (κ3) is 4.99. The lowest BCUT2D eigenvalue weighted by atomic mass is 10.1. The van der Waals surface area contributed by atoms with Gasteiger partial charge >= 0.3 is 0 Å². The number of hydrogen-bond donors (Lipinski definition) is 1. The normalized spacial score (nSPS) is 11.6. The van der Waals surface area contributed by atoms with E-state index in [9.17, 15) is 4.39 Å². The van der Waals surface area contributed by atoms with E-state index in [1.165, 1.54) is 12.1 Å². The summed E-state index contributed by atoms with van der Waals surface area (Å²) in [7, 11) is 5.71. The number of hydrogen-bond acceptors (Lipinski definition) is 1. The highest BCUT2D eigenvalue weighted by molar-refractivity contribution is 6.30. The van der Waals surface area contributed by atoms with Crippen molar-refractivity contribution in [1.29, 1.82) is 0 Å². The van der Waals surface area contributed by atoms with Crippen molar-refractivity contribution >= 4 is 17.6 Å². The van der Waals surface area contributed by atoms with Crippen molar-refractivity contribution in [2.75, 3.05) is 20.6 Å². The second-order valence-corrected chi connectivity index (χ2v) is 5.90. The molecule has 2 rings (SSSR count). The molecule has 0 amide bonds. The second-order valence-electron chi connectivity index (χ2n) is 5.47. The van der Waals surface area contributed by atoms with Crippen LogP contribution in [-0.4, -0.2) is 36.1 Å². The maximum Gasteiger partial charge on any atom is 0.193 e. The molecule has 124 valence electrons. The number of nitrogens with zero attached hydrogens (tertiary/aromatic N) is 3. The molecule has 23 heavy (non-hydrogen) atoms. The summed E-state index contributed by atoms with van der Waals surface area (Å²) >= 11 is 6.01. The first kappa shape index (κ1) is 17.3. The molecule has 0 fully saturated rings. The smallest absolute Gasteiger partial charge is 0.193 e. The maximum absolute atomic E-state index is 12.9. The molecule has 6 heteroatoms. The average Bonchev–Trinajstić information content (AvgIpc) is 2.83. The molecule has 0 aliphatic carbocycles. The quantitative estimate of drug-likeness (QED) is 0.672. The Balaban J connectivity index is 1.87. The van der Waals surface area contributed by atoms with Crippen LogP contribution >= 0.6 is 11.6 Å². The Morgan fingerprint density at radius 3 is 2.61 bits per heavy atom. The molecule has 0 aliphatic rings. The summed E-state index contributed by atoms with van der Waals surface area (Å²) in [6.45, 7) is 1.44. The third-order valence-electron chi connectivity index (χ3n) is 3.66. The molecule has 0 saturated heterocycles. The van der Waals surface area contributed by atoms with E-state index in [0.717, 1.165) is 35.2 Å². The summed E-state index contributed by atoms with van der Waals surface area (Å²) in [4.78, 5) is 6.33. The van der Waals surface area contributed by atoms with Gasteiger partial charge in [-0.2, -0.15) is 0 Å². The summed E-state index contributed by atoms with van der Waals surface area (Å²) in [5.41, 5.74) is 2.20. The van der Waals surface area contributed by atoms with Crippen molar-refractivity contribution in [3.8, 4) is 0 Å². The zero-order valence-electron chi connectivity index (χ0n) is 13.7. The van der Waals surface area contributed by atoms with Gasteiger partial charge in [0.2, 0.25) is 0 Å². The first-order valence-corrected chi connectivity index (χ1v) is 7.84. The molecule has 4 nitrogen and oxygen atoms in total. The fraction of sp³-hybridized carbons (Fsp3) is 0.353. The maximum atomic E-state index is 12.9. The third-order valence-corrected chi connectivity index (χ3v) is 3.86. The number of aryl methyl sites for hydroxylation is 1. The average molecular weight is 337 g/mol. The summed E-state index contributed by atoms with van der Waals surface area (Å²) < 4.78 is 14.9. The topological polar surface area (TPSA) is 32.6 Å². The van der Waals surface area contributed by atoms with E-state index < -0.39 is 0 Å². The lowest BCUT2D eigenvalue weighted by molar-refractivity contribution is 0.462. The fourth-order valence-corrected chi connectivity index (χ4v) is 2.67. The minimum Gasteiger partial charge on any atom is -0.356 e. The van der Waals surface area contributed by atoms with Crippen LogP contribution in [0.25, 0.3) is 0 Å². The SMILES string of the molecule is CN=C(NCCc1ccc(F)cc1)N(C)Cc1cc(Cl)cn1C. The van der Waals surface area contributed by atoms with E-state index in [2.05, 4.69) is 10.3 Å². The molecule has 0 radical (unpaired) electrons. The number of aliphatic imine (C=N–C) groups is 1. The number of rotatable bonds is 5. The van der Waals surface area contributed by atoms with Crippen molar-refractivity contribution < 1.29 is 4.39 Å². The Bertz CT molecular complexity index is 664. The number of halogens is 2. The Morgan fingerprint density at radius 2 is 2.04 bits per heavy atom. The van der Waals surface area contributed by atoms with Gasteiger partial charge in [-0.15, -0.1) is 0 Å².